The molecule has 0 aromatic heterocycles. The van der Waals surface area contributed by atoms with E-state index in [9.17, 15) is 9.59 Å². The average Bonchev–Trinajstić information content (AvgIpc) is 2.78. The van der Waals surface area contributed by atoms with Crippen molar-refractivity contribution in [3.63, 3.8) is 0 Å². The molecule has 3 rings (SSSR count). The minimum atomic E-state index is -0.719. The van der Waals surface area contributed by atoms with Gasteiger partial charge in [0.1, 0.15) is 17.8 Å². The zero-order valence-electron chi connectivity index (χ0n) is 16.5. The van der Waals surface area contributed by atoms with Crippen LogP contribution in [0.4, 0.5) is 0 Å². The number of methoxy groups -OCH3 is 2. The van der Waals surface area contributed by atoms with E-state index in [-0.39, 0.29) is 6.29 Å². The number of carbonyl (C=O) groups excluding carboxylic acids is 2. The Hall–Kier alpha value is -2.74. The molecule has 0 aliphatic carbocycles. The molecule has 1 saturated heterocycles. The molecule has 1 aliphatic rings. The number of carbonyl (C=O) groups is 2. The van der Waals surface area contributed by atoms with Crippen molar-refractivity contribution in [1.82, 2.24) is 0 Å². The maximum absolute atomic E-state index is 11.6. The van der Waals surface area contributed by atoms with E-state index in [1.807, 2.05) is 0 Å². The third kappa shape index (κ3) is 5.41. The van der Waals surface area contributed by atoms with E-state index in [0.717, 1.165) is 25.5 Å². The van der Waals surface area contributed by atoms with Crippen LogP contribution in [0.2, 0.25) is 0 Å². The highest BCUT2D eigenvalue weighted by atomic mass is 16.8. The Kier molecular flexibility index (Phi) is 7.35. The lowest BCUT2D eigenvalue weighted by atomic mass is 10.1. The van der Waals surface area contributed by atoms with Crippen LogP contribution in [-0.4, -0.2) is 39.4 Å². The van der Waals surface area contributed by atoms with Crippen molar-refractivity contribution in [2.45, 2.75) is 31.8 Å². The Morgan fingerprint density at radius 3 is 2.55 bits per heavy atom. The van der Waals surface area contributed by atoms with Gasteiger partial charge in [-0.3, -0.25) is 4.79 Å². The van der Waals surface area contributed by atoms with E-state index in [1.54, 1.807) is 42.5 Å². The number of esters is 1. The molecular formula is C22H24O7. The normalized spacial score (nSPS) is 17.4. The van der Waals surface area contributed by atoms with Crippen LogP contribution >= 0.6 is 0 Å². The van der Waals surface area contributed by atoms with Crippen molar-refractivity contribution in [2.75, 3.05) is 20.8 Å². The van der Waals surface area contributed by atoms with Gasteiger partial charge in [0.2, 0.25) is 0 Å². The fourth-order valence-electron chi connectivity index (χ4n) is 3.02. The molecule has 0 bridgehead atoms. The summed E-state index contributed by atoms with van der Waals surface area (Å²) < 4.78 is 27.8. The van der Waals surface area contributed by atoms with Gasteiger partial charge in [-0.2, -0.15) is 0 Å². The fraction of sp³-hybridized carbons (Fsp3) is 0.364. The molecule has 0 amide bonds. The van der Waals surface area contributed by atoms with Crippen molar-refractivity contribution in [3.05, 3.63) is 59.2 Å². The van der Waals surface area contributed by atoms with Crippen LogP contribution in [0.25, 0.3) is 0 Å². The van der Waals surface area contributed by atoms with Gasteiger partial charge in [-0.15, -0.1) is 0 Å². The standard InChI is InChI=1S/C22H24O7/c1-25-21(24)16-7-9-17(10-8-16)28-19-13-15(14-23)6-11-18(19)22(26-2)29-20-5-3-4-12-27-20/h6-11,13-14,20,22H,3-5,12H2,1-2H3. The van der Waals surface area contributed by atoms with Crippen LogP contribution in [0.1, 0.15) is 51.8 Å². The minimum Gasteiger partial charge on any atom is -0.465 e. The Morgan fingerprint density at radius 2 is 1.93 bits per heavy atom. The van der Waals surface area contributed by atoms with E-state index >= 15 is 0 Å². The van der Waals surface area contributed by atoms with Crippen LogP contribution < -0.4 is 4.74 Å². The van der Waals surface area contributed by atoms with E-state index in [1.165, 1.54) is 14.2 Å². The molecule has 7 heteroatoms. The van der Waals surface area contributed by atoms with Crippen LogP contribution in [0, 0.1) is 0 Å². The third-order valence-electron chi connectivity index (χ3n) is 4.56. The van der Waals surface area contributed by atoms with Gasteiger partial charge in [-0.05, 0) is 55.7 Å². The Balaban J connectivity index is 1.84. The largest absolute Gasteiger partial charge is 0.465 e. The molecule has 0 N–H and O–H groups in total. The van der Waals surface area contributed by atoms with Crippen molar-refractivity contribution in [3.8, 4) is 11.5 Å². The number of hydrogen-bond acceptors (Lipinski definition) is 7. The molecular weight excluding hydrogens is 376 g/mol. The average molecular weight is 400 g/mol. The molecule has 29 heavy (non-hydrogen) atoms. The molecule has 154 valence electrons. The predicted molar refractivity (Wildman–Crippen MR) is 104 cm³/mol. The van der Waals surface area contributed by atoms with Gasteiger partial charge in [0, 0.05) is 19.3 Å². The summed E-state index contributed by atoms with van der Waals surface area (Å²) in [7, 11) is 2.86. The summed E-state index contributed by atoms with van der Waals surface area (Å²) in [5, 5.41) is 0. The van der Waals surface area contributed by atoms with Crippen molar-refractivity contribution < 1.29 is 33.3 Å². The van der Waals surface area contributed by atoms with Gasteiger partial charge in [-0.25, -0.2) is 4.79 Å². The second-order valence-corrected chi connectivity index (χ2v) is 6.53. The molecule has 2 unspecified atom stereocenters. The lowest BCUT2D eigenvalue weighted by Gasteiger charge is -2.28. The van der Waals surface area contributed by atoms with E-state index in [4.69, 9.17) is 23.7 Å². The first kappa shape index (κ1) is 21.0. The fourth-order valence-corrected chi connectivity index (χ4v) is 3.02. The van der Waals surface area contributed by atoms with Crippen molar-refractivity contribution in [1.29, 1.82) is 0 Å². The molecule has 2 aromatic rings. The maximum atomic E-state index is 11.6. The number of aldehydes is 1. The quantitative estimate of drug-likeness (QED) is 0.372. The zero-order chi connectivity index (χ0) is 20.6. The molecule has 1 heterocycles. The van der Waals surface area contributed by atoms with Crippen LogP contribution in [0.3, 0.4) is 0 Å². The first-order valence-corrected chi connectivity index (χ1v) is 9.40. The summed E-state index contributed by atoms with van der Waals surface area (Å²) in [4.78, 5) is 22.8. The van der Waals surface area contributed by atoms with Gasteiger partial charge in [0.05, 0.1) is 18.2 Å². The van der Waals surface area contributed by atoms with E-state index in [2.05, 4.69) is 0 Å². The summed E-state index contributed by atoms with van der Waals surface area (Å²) in [5.41, 5.74) is 1.50. The van der Waals surface area contributed by atoms with Crippen molar-refractivity contribution >= 4 is 12.3 Å². The molecule has 7 nitrogen and oxygen atoms in total. The lowest BCUT2D eigenvalue weighted by molar-refractivity contribution is -0.252. The number of benzene rings is 2. The molecule has 1 fully saturated rings. The summed E-state index contributed by atoms with van der Waals surface area (Å²) in [6, 6.07) is 11.5. The molecule has 0 radical (unpaired) electrons. The Labute approximate surface area is 169 Å². The predicted octanol–water partition coefficient (Wildman–Crippen LogP) is 4.27. The number of rotatable bonds is 8. The first-order valence-electron chi connectivity index (χ1n) is 9.40. The number of hydrogen-bond donors (Lipinski definition) is 0. The molecule has 0 spiro atoms. The summed E-state index contributed by atoms with van der Waals surface area (Å²) in [6.07, 6.45) is 2.50. The molecule has 0 saturated carbocycles. The first-order chi connectivity index (χ1) is 14.1. The second-order valence-electron chi connectivity index (χ2n) is 6.53. The van der Waals surface area contributed by atoms with Crippen LogP contribution in [-0.2, 0) is 18.9 Å². The number of ether oxygens (including phenoxy) is 5. The molecule has 2 atom stereocenters. The topological polar surface area (TPSA) is 80.3 Å². The highest BCUT2D eigenvalue weighted by Gasteiger charge is 2.24. The van der Waals surface area contributed by atoms with Gasteiger partial charge in [-0.1, -0.05) is 6.07 Å². The van der Waals surface area contributed by atoms with Gasteiger partial charge >= 0.3 is 5.97 Å². The van der Waals surface area contributed by atoms with E-state index < -0.39 is 12.3 Å². The summed E-state index contributed by atoms with van der Waals surface area (Å²) >= 11 is 0. The monoisotopic (exact) mass is 400 g/mol. The van der Waals surface area contributed by atoms with Crippen LogP contribution in [0.5, 0.6) is 11.5 Å². The van der Waals surface area contributed by atoms with E-state index in [0.29, 0.717) is 34.8 Å². The zero-order valence-corrected chi connectivity index (χ0v) is 16.5. The van der Waals surface area contributed by atoms with Crippen molar-refractivity contribution in [2.24, 2.45) is 0 Å². The highest BCUT2D eigenvalue weighted by molar-refractivity contribution is 5.89. The Bertz CT molecular complexity index is 826. The SMILES string of the molecule is COC(=O)c1ccc(Oc2cc(C=O)ccc2C(OC)OC2CCCCO2)cc1. The van der Waals surface area contributed by atoms with Gasteiger partial charge in [0.25, 0.3) is 0 Å². The second kappa shape index (κ2) is 10.2. The summed E-state index contributed by atoms with van der Waals surface area (Å²) in [5.74, 6) is 0.481. The summed E-state index contributed by atoms with van der Waals surface area (Å²) in [6.45, 7) is 0.654. The van der Waals surface area contributed by atoms with Crippen LogP contribution in [0.15, 0.2) is 42.5 Å². The lowest BCUT2D eigenvalue weighted by Crippen LogP contribution is -2.25. The van der Waals surface area contributed by atoms with Gasteiger partial charge < -0.3 is 23.7 Å². The smallest absolute Gasteiger partial charge is 0.337 e. The minimum absolute atomic E-state index is 0.355. The molecule has 1 aliphatic heterocycles. The third-order valence-corrected chi connectivity index (χ3v) is 4.56. The highest BCUT2D eigenvalue weighted by Crippen LogP contribution is 2.34. The maximum Gasteiger partial charge on any atom is 0.337 e. The Morgan fingerprint density at radius 1 is 1.14 bits per heavy atom. The molecule has 2 aromatic carbocycles. The van der Waals surface area contributed by atoms with Gasteiger partial charge in [0.15, 0.2) is 12.6 Å².